The van der Waals surface area contributed by atoms with Gasteiger partial charge in [-0.25, -0.2) is 8.78 Å². The number of phenols is 1. The molecule has 3 aromatic carbocycles. The molecule has 0 atom stereocenters. The lowest BCUT2D eigenvalue weighted by Gasteiger charge is -2.31. The van der Waals surface area contributed by atoms with Crippen LogP contribution in [-0.2, 0) is 9.59 Å². The molecule has 0 bridgehead atoms. The summed E-state index contributed by atoms with van der Waals surface area (Å²) in [6.45, 7) is 3.38. The second-order valence-corrected chi connectivity index (χ2v) is 9.21. The van der Waals surface area contributed by atoms with Gasteiger partial charge in [0, 0.05) is 39.8 Å². The van der Waals surface area contributed by atoms with Gasteiger partial charge in [0.2, 0.25) is 0 Å². The van der Waals surface area contributed by atoms with Crippen LogP contribution < -0.4 is 16.0 Å². The number of carbonyl (C=O) groups is 2. The Morgan fingerprint density at radius 3 is 1.62 bits per heavy atom. The van der Waals surface area contributed by atoms with Crippen LogP contribution in [0.25, 0.3) is 0 Å². The van der Waals surface area contributed by atoms with Crippen LogP contribution >= 0.6 is 23.2 Å². The Morgan fingerprint density at radius 1 is 0.784 bits per heavy atom. The molecular formula is C27H21Cl2F2N3O3. The van der Waals surface area contributed by atoms with Crippen LogP contribution in [0.1, 0.15) is 25.3 Å². The minimum Gasteiger partial charge on any atom is -0.508 e. The summed E-state index contributed by atoms with van der Waals surface area (Å²) in [5, 5.41) is 18.0. The number of halogens is 4. The summed E-state index contributed by atoms with van der Waals surface area (Å²) in [5.41, 5.74) is 2.50. The Morgan fingerprint density at radius 2 is 1.22 bits per heavy atom. The average Bonchev–Trinajstić information content (AvgIpc) is 2.83. The molecule has 0 unspecified atom stereocenters. The Hall–Kier alpha value is -3.88. The average molecular weight is 544 g/mol. The Bertz CT molecular complexity index is 1380. The van der Waals surface area contributed by atoms with Crippen LogP contribution in [-0.4, -0.2) is 16.9 Å². The summed E-state index contributed by atoms with van der Waals surface area (Å²) in [6.07, 6.45) is 0. The van der Waals surface area contributed by atoms with Crippen molar-refractivity contribution in [2.24, 2.45) is 0 Å². The fourth-order valence-corrected chi connectivity index (χ4v) is 4.50. The molecule has 4 rings (SSSR count). The molecular weight excluding hydrogens is 523 g/mol. The molecule has 0 aromatic heterocycles. The molecule has 4 N–H and O–H groups in total. The van der Waals surface area contributed by atoms with Crippen molar-refractivity contribution in [2.75, 3.05) is 10.6 Å². The number of rotatable bonds is 5. The molecule has 1 heterocycles. The lowest BCUT2D eigenvalue weighted by atomic mass is 9.79. The predicted octanol–water partition coefficient (Wildman–Crippen LogP) is 6.49. The fourth-order valence-electron chi connectivity index (χ4n) is 4.14. The van der Waals surface area contributed by atoms with Gasteiger partial charge in [-0.15, -0.1) is 0 Å². The standard InChI is InChI=1S/C27H21Cl2F2N3O3/c1-13-23(26(36)33-16-5-9-21(30)19(28)11-16)25(15-3-7-18(35)8-4-15)24(14(2)32-13)27(37)34-17-6-10-22(31)20(29)12-17/h3-12,25,32,35H,1-2H3,(H,33,36)(H,34,37). The first-order valence-electron chi connectivity index (χ1n) is 11.1. The highest BCUT2D eigenvalue weighted by atomic mass is 35.5. The molecule has 1 aliphatic rings. The molecule has 1 aliphatic heterocycles. The van der Waals surface area contributed by atoms with Crippen LogP contribution in [0.5, 0.6) is 5.75 Å². The molecule has 3 aromatic rings. The van der Waals surface area contributed by atoms with E-state index in [-0.39, 0.29) is 38.3 Å². The van der Waals surface area contributed by atoms with E-state index in [9.17, 15) is 23.5 Å². The maximum Gasteiger partial charge on any atom is 0.254 e. The second-order valence-electron chi connectivity index (χ2n) is 8.39. The SMILES string of the molecule is CC1=C(C(=O)Nc2ccc(F)c(Cl)c2)C(c2ccc(O)cc2)C(C(=O)Nc2ccc(F)c(Cl)c2)=C(C)N1. The third-order valence-electron chi connectivity index (χ3n) is 5.83. The summed E-state index contributed by atoms with van der Waals surface area (Å²) in [7, 11) is 0. The second kappa shape index (κ2) is 10.6. The van der Waals surface area contributed by atoms with Gasteiger partial charge in [-0.2, -0.15) is 0 Å². The number of amides is 2. The quantitative estimate of drug-likeness (QED) is 0.296. The Balaban J connectivity index is 1.75. The molecule has 2 amide bonds. The Labute approximate surface area is 221 Å². The van der Waals surface area contributed by atoms with Gasteiger partial charge in [0.05, 0.1) is 10.0 Å². The fraction of sp³-hybridized carbons (Fsp3) is 0.111. The first-order chi connectivity index (χ1) is 17.5. The van der Waals surface area contributed by atoms with Crippen molar-refractivity contribution >= 4 is 46.4 Å². The number of carbonyl (C=O) groups excluding carboxylic acids is 2. The monoisotopic (exact) mass is 543 g/mol. The third kappa shape index (κ3) is 5.60. The summed E-state index contributed by atoms with van der Waals surface area (Å²) in [6, 6.07) is 13.7. The molecule has 0 fully saturated rings. The van der Waals surface area contributed by atoms with Crippen LogP contribution in [0.15, 0.2) is 83.2 Å². The first kappa shape index (κ1) is 26.2. The lowest BCUT2D eigenvalue weighted by molar-refractivity contribution is -0.113. The van der Waals surface area contributed by atoms with Gasteiger partial charge in [-0.3, -0.25) is 9.59 Å². The molecule has 10 heteroatoms. The smallest absolute Gasteiger partial charge is 0.254 e. The third-order valence-corrected chi connectivity index (χ3v) is 6.41. The van der Waals surface area contributed by atoms with Gasteiger partial charge in [0.15, 0.2) is 0 Å². The highest BCUT2D eigenvalue weighted by molar-refractivity contribution is 6.31. The largest absolute Gasteiger partial charge is 0.508 e. The van der Waals surface area contributed by atoms with Crippen molar-refractivity contribution in [3.63, 3.8) is 0 Å². The molecule has 0 aliphatic carbocycles. The zero-order valence-electron chi connectivity index (χ0n) is 19.6. The van der Waals surface area contributed by atoms with Crippen molar-refractivity contribution in [3.8, 4) is 5.75 Å². The first-order valence-corrected chi connectivity index (χ1v) is 11.8. The predicted molar refractivity (Wildman–Crippen MR) is 139 cm³/mol. The van der Waals surface area contributed by atoms with Crippen LogP contribution in [0, 0.1) is 11.6 Å². The van der Waals surface area contributed by atoms with Crippen LogP contribution in [0.3, 0.4) is 0 Å². The highest BCUT2D eigenvalue weighted by Gasteiger charge is 2.36. The van der Waals surface area contributed by atoms with E-state index in [0.717, 1.165) is 12.1 Å². The van der Waals surface area contributed by atoms with Gasteiger partial charge >= 0.3 is 0 Å². The normalized spacial score (nSPS) is 13.9. The zero-order valence-corrected chi connectivity index (χ0v) is 21.1. The minimum absolute atomic E-state index is 0.0120. The van der Waals surface area contributed by atoms with Gasteiger partial charge < -0.3 is 21.1 Å². The Kier molecular flexibility index (Phi) is 7.52. The van der Waals surface area contributed by atoms with E-state index in [0.29, 0.717) is 17.0 Å². The molecule has 0 saturated carbocycles. The summed E-state index contributed by atoms with van der Waals surface area (Å²) in [5.74, 6) is -3.20. The number of dihydropyridines is 1. The number of phenolic OH excluding ortho intramolecular Hbond substituents is 1. The number of benzene rings is 3. The van der Waals surface area contributed by atoms with Crippen molar-refractivity contribution in [2.45, 2.75) is 19.8 Å². The topological polar surface area (TPSA) is 90.5 Å². The zero-order chi connectivity index (χ0) is 26.9. The number of anilines is 2. The van der Waals surface area contributed by atoms with Crippen molar-refractivity contribution < 1.29 is 23.5 Å². The van der Waals surface area contributed by atoms with Gasteiger partial charge in [0.1, 0.15) is 17.4 Å². The number of aromatic hydroxyl groups is 1. The molecule has 0 spiro atoms. The van der Waals surface area contributed by atoms with Crippen molar-refractivity contribution in [3.05, 3.63) is 110 Å². The van der Waals surface area contributed by atoms with Crippen molar-refractivity contribution in [1.29, 1.82) is 0 Å². The summed E-state index contributed by atoms with van der Waals surface area (Å²) in [4.78, 5) is 27.1. The van der Waals surface area contributed by atoms with E-state index in [4.69, 9.17) is 23.2 Å². The van der Waals surface area contributed by atoms with E-state index < -0.39 is 29.4 Å². The van der Waals surface area contributed by atoms with E-state index in [1.165, 1.54) is 36.4 Å². The van der Waals surface area contributed by atoms with Gasteiger partial charge in [-0.1, -0.05) is 35.3 Å². The lowest BCUT2D eigenvalue weighted by Crippen LogP contribution is -2.35. The molecule has 190 valence electrons. The maximum absolute atomic E-state index is 13.6. The summed E-state index contributed by atoms with van der Waals surface area (Å²) >= 11 is 11.7. The molecule has 37 heavy (non-hydrogen) atoms. The van der Waals surface area contributed by atoms with Gasteiger partial charge in [-0.05, 0) is 67.9 Å². The number of hydrogen-bond donors (Lipinski definition) is 4. The molecule has 0 saturated heterocycles. The minimum atomic E-state index is -0.853. The van der Waals surface area contributed by atoms with Gasteiger partial charge in [0.25, 0.3) is 11.8 Å². The number of nitrogens with one attached hydrogen (secondary N) is 3. The number of allylic oxidation sites excluding steroid dienone is 2. The van der Waals surface area contributed by atoms with Crippen molar-refractivity contribution in [1.82, 2.24) is 5.32 Å². The van der Waals surface area contributed by atoms with E-state index in [1.807, 2.05) is 0 Å². The number of hydrogen-bond acceptors (Lipinski definition) is 4. The van der Waals surface area contributed by atoms with E-state index in [2.05, 4.69) is 16.0 Å². The maximum atomic E-state index is 13.6. The van der Waals surface area contributed by atoms with E-state index >= 15 is 0 Å². The molecule has 0 radical (unpaired) electrons. The highest BCUT2D eigenvalue weighted by Crippen LogP contribution is 2.40. The van der Waals surface area contributed by atoms with Crippen LogP contribution in [0.4, 0.5) is 20.2 Å². The molecule has 6 nitrogen and oxygen atoms in total. The van der Waals surface area contributed by atoms with E-state index in [1.54, 1.807) is 26.0 Å². The van der Waals surface area contributed by atoms with Crippen LogP contribution in [0.2, 0.25) is 10.0 Å². The summed E-state index contributed by atoms with van der Waals surface area (Å²) < 4.78 is 27.2.